The van der Waals surface area contributed by atoms with E-state index in [2.05, 4.69) is 36.5 Å². The Balaban J connectivity index is 2.34. The fraction of sp³-hybridized carbons (Fsp3) is 0.562. The van der Waals surface area contributed by atoms with Crippen molar-refractivity contribution in [2.75, 3.05) is 13.1 Å². The number of nitrogens with two attached hydrogens (primary N) is 1. The topological polar surface area (TPSA) is 55.1 Å². The molecular weight excluding hydrogens is 236 g/mol. The number of amides is 1. The van der Waals surface area contributed by atoms with Crippen molar-refractivity contribution in [1.82, 2.24) is 5.32 Å². The van der Waals surface area contributed by atoms with Gasteiger partial charge in [0.1, 0.15) is 0 Å². The average molecular weight is 262 g/mol. The minimum absolute atomic E-state index is 0.0491. The molecule has 1 unspecified atom stereocenters. The van der Waals surface area contributed by atoms with Gasteiger partial charge in [-0.25, -0.2) is 0 Å². The summed E-state index contributed by atoms with van der Waals surface area (Å²) >= 11 is 0. The monoisotopic (exact) mass is 262 g/mol. The first-order chi connectivity index (χ1) is 9.21. The normalized spacial score (nSPS) is 12.2. The summed E-state index contributed by atoms with van der Waals surface area (Å²) in [5.74, 6) is 0.0273. The Labute approximate surface area is 116 Å². The first kappa shape index (κ1) is 15.7. The van der Waals surface area contributed by atoms with Crippen LogP contribution in [0.1, 0.15) is 37.8 Å². The summed E-state index contributed by atoms with van der Waals surface area (Å²) in [5, 5.41) is 2.95. The van der Waals surface area contributed by atoms with Crippen molar-refractivity contribution in [3.05, 3.63) is 35.4 Å². The molecule has 3 heteroatoms. The summed E-state index contributed by atoms with van der Waals surface area (Å²) in [6.07, 6.45) is 3.98. The van der Waals surface area contributed by atoms with E-state index in [4.69, 9.17) is 5.73 Å². The molecule has 106 valence electrons. The number of nitrogens with one attached hydrogen (secondary N) is 1. The van der Waals surface area contributed by atoms with Gasteiger partial charge in [-0.15, -0.1) is 0 Å². The van der Waals surface area contributed by atoms with Gasteiger partial charge in [-0.05, 0) is 30.4 Å². The molecule has 0 radical (unpaired) electrons. The summed E-state index contributed by atoms with van der Waals surface area (Å²) in [5.41, 5.74) is 8.20. The maximum absolute atomic E-state index is 11.7. The van der Waals surface area contributed by atoms with Crippen LogP contribution in [0.15, 0.2) is 24.3 Å². The highest BCUT2D eigenvalue weighted by Crippen LogP contribution is 2.07. The molecule has 0 saturated heterocycles. The lowest BCUT2D eigenvalue weighted by molar-refractivity contribution is -0.124. The quantitative estimate of drug-likeness (QED) is 0.755. The molecule has 1 aromatic rings. The molecule has 19 heavy (non-hydrogen) atoms. The Morgan fingerprint density at radius 3 is 2.21 bits per heavy atom. The largest absolute Gasteiger partial charge is 0.355 e. The molecule has 1 rings (SSSR count). The van der Waals surface area contributed by atoms with Gasteiger partial charge in [-0.3, -0.25) is 4.79 Å². The standard InChI is InChI=1S/C16H26N2O/c1-3-5-13-6-8-14(9-7-13)10-11-18-16(19)15(4-2)12-17/h6-9,15H,3-5,10-12,17H2,1-2H3,(H,18,19). The maximum atomic E-state index is 11.7. The SMILES string of the molecule is CCCc1ccc(CCNC(=O)C(CC)CN)cc1. The summed E-state index contributed by atoms with van der Waals surface area (Å²) in [4.78, 5) is 11.7. The van der Waals surface area contributed by atoms with Gasteiger partial charge in [0.15, 0.2) is 0 Å². The molecule has 0 saturated carbocycles. The second-order valence-electron chi connectivity index (χ2n) is 4.95. The van der Waals surface area contributed by atoms with E-state index >= 15 is 0 Å². The molecule has 0 heterocycles. The van der Waals surface area contributed by atoms with E-state index in [9.17, 15) is 4.79 Å². The van der Waals surface area contributed by atoms with Crippen LogP contribution in [0.3, 0.4) is 0 Å². The summed E-state index contributed by atoms with van der Waals surface area (Å²) < 4.78 is 0. The zero-order valence-electron chi connectivity index (χ0n) is 12.1. The van der Waals surface area contributed by atoms with Gasteiger partial charge < -0.3 is 11.1 Å². The molecule has 1 amide bonds. The third kappa shape index (κ3) is 5.43. The third-order valence-electron chi connectivity index (χ3n) is 3.42. The van der Waals surface area contributed by atoms with Crippen LogP contribution in [-0.4, -0.2) is 19.0 Å². The van der Waals surface area contributed by atoms with Crippen LogP contribution < -0.4 is 11.1 Å². The highest BCUT2D eigenvalue weighted by molar-refractivity contribution is 5.78. The van der Waals surface area contributed by atoms with E-state index in [-0.39, 0.29) is 11.8 Å². The van der Waals surface area contributed by atoms with Gasteiger partial charge in [-0.1, -0.05) is 44.5 Å². The van der Waals surface area contributed by atoms with Crippen LogP contribution in [0, 0.1) is 5.92 Å². The molecule has 1 aromatic carbocycles. The summed E-state index contributed by atoms with van der Waals surface area (Å²) in [7, 11) is 0. The number of hydrogen-bond acceptors (Lipinski definition) is 2. The van der Waals surface area contributed by atoms with E-state index in [0.29, 0.717) is 13.1 Å². The Bertz CT molecular complexity index is 369. The lowest BCUT2D eigenvalue weighted by atomic mass is 10.0. The van der Waals surface area contributed by atoms with Crippen molar-refractivity contribution in [2.45, 2.75) is 39.5 Å². The average Bonchev–Trinajstić information content (AvgIpc) is 2.42. The number of rotatable bonds is 8. The Morgan fingerprint density at radius 1 is 1.16 bits per heavy atom. The van der Waals surface area contributed by atoms with E-state index in [1.54, 1.807) is 0 Å². The number of hydrogen-bond donors (Lipinski definition) is 2. The van der Waals surface area contributed by atoms with Gasteiger partial charge in [0.05, 0.1) is 0 Å². The Morgan fingerprint density at radius 2 is 1.74 bits per heavy atom. The van der Waals surface area contributed by atoms with Crippen LogP contribution in [0.5, 0.6) is 0 Å². The van der Waals surface area contributed by atoms with Gasteiger partial charge in [0.2, 0.25) is 5.91 Å². The third-order valence-corrected chi connectivity index (χ3v) is 3.42. The molecule has 3 nitrogen and oxygen atoms in total. The zero-order chi connectivity index (χ0) is 14.1. The smallest absolute Gasteiger partial charge is 0.224 e. The molecule has 0 aromatic heterocycles. The van der Waals surface area contributed by atoms with E-state index in [0.717, 1.165) is 19.3 Å². The molecule has 1 atom stereocenters. The second kappa shape index (κ2) is 8.70. The van der Waals surface area contributed by atoms with Crippen LogP contribution >= 0.6 is 0 Å². The van der Waals surface area contributed by atoms with Crippen molar-refractivity contribution in [1.29, 1.82) is 0 Å². The van der Waals surface area contributed by atoms with Crippen LogP contribution in [0.2, 0.25) is 0 Å². The summed E-state index contributed by atoms with van der Waals surface area (Å²) in [6.45, 7) is 5.28. The Hall–Kier alpha value is -1.35. The fourth-order valence-electron chi connectivity index (χ4n) is 2.09. The minimum Gasteiger partial charge on any atom is -0.355 e. The maximum Gasteiger partial charge on any atom is 0.224 e. The zero-order valence-corrected chi connectivity index (χ0v) is 12.1. The highest BCUT2D eigenvalue weighted by atomic mass is 16.1. The van der Waals surface area contributed by atoms with Gasteiger partial charge in [0.25, 0.3) is 0 Å². The minimum atomic E-state index is -0.0491. The summed E-state index contributed by atoms with van der Waals surface area (Å²) in [6, 6.07) is 8.65. The first-order valence-electron chi connectivity index (χ1n) is 7.26. The van der Waals surface area contributed by atoms with Crippen LogP contribution in [-0.2, 0) is 17.6 Å². The molecule has 0 aliphatic rings. The predicted molar refractivity (Wildman–Crippen MR) is 80.0 cm³/mol. The van der Waals surface area contributed by atoms with Crippen LogP contribution in [0.4, 0.5) is 0 Å². The highest BCUT2D eigenvalue weighted by Gasteiger charge is 2.13. The fourth-order valence-corrected chi connectivity index (χ4v) is 2.09. The van der Waals surface area contributed by atoms with E-state index in [1.165, 1.54) is 17.5 Å². The first-order valence-corrected chi connectivity index (χ1v) is 7.26. The number of benzene rings is 1. The number of aryl methyl sites for hydroxylation is 1. The van der Waals surface area contributed by atoms with Gasteiger partial charge >= 0.3 is 0 Å². The molecule has 0 aliphatic heterocycles. The van der Waals surface area contributed by atoms with Crippen molar-refractivity contribution in [3.8, 4) is 0 Å². The van der Waals surface area contributed by atoms with Crippen molar-refractivity contribution >= 4 is 5.91 Å². The van der Waals surface area contributed by atoms with E-state index in [1.807, 2.05) is 6.92 Å². The van der Waals surface area contributed by atoms with Gasteiger partial charge in [0, 0.05) is 19.0 Å². The molecule has 0 fully saturated rings. The van der Waals surface area contributed by atoms with Crippen molar-refractivity contribution in [2.24, 2.45) is 11.7 Å². The molecular formula is C16H26N2O. The number of carbonyl (C=O) groups is 1. The predicted octanol–water partition coefficient (Wildman–Crippen LogP) is 2.28. The van der Waals surface area contributed by atoms with Crippen molar-refractivity contribution < 1.29 is 4.79 Å². The number of carbonyl (C=O) groups excluding carboxylic acids is 1. The Kier molecular flexibility index (Phi) is 7.19. The lowest BCUT2D eigenvalue weighted by Gasteiger charge is -2.12. The lowest BCUT2D eigenvalue weighted by Crippen LogP contribution is -2.35. The van der Waals surface area contributed by atoms with Gasteiger partial charge in [-0.2, -0.15) is 0 Å². The molecule has 3 N–H and O–H groups in total. The van der Waals surface area contributed by atoms with Crippen LogP contribution in [0.25, 0.3) is 0 Å². The second-order valence-corrected chi connectivity index (χ2v) is 4.95. The molecule has 0 bridgehead atoms. The molecule has 0 spiro atoms. The van der Waals surface area contributed by atoms with Crippen molar-refractivity contribution in [3.63, 3.8) is 0 Å². The molecule has 0 aliphatic carbocycles. The van der Waals surface area contributed by atoms with E-state index < -0.39 is 0 Å².